The molecule has 5 fully saturated rings. The smallest absolute Gasteiger partial charge is 0.169 e. The predicted molar refractivity (Wildman–Crippen MR) is 117 cm³/mol. The molecule has 2 atom stereocenters. The van der Waals surface area contributed by atoms with Gasteiger partial charge in [0.1, 0.15) is 0 Å². The van der Waals surface area contributed by atoms with Crippen LogP contribution in [0.1, 0.15) is 79.2 Å². The molecule has 1 aliphatic heterocycles. The van der Waals surface area contributed by atoms with Crippen molar-refractivity contribution < 1.29 is 9.59 Å². The summed E-state index contributed by atoms with van der Waals surface area (Å²) in [4.78, 5) is 32.9. The number of fused-ring (bicyclic) bond motifs is 2. The van der Waals surface area contributed by atoms with Gasteiger partial charge in [0.25, 0.3) is 0 Å². The van der Waals surface area contributed by atoms with Crippen molar-refractivity contribution in [2.45, 2.75) is 71.6 Å². The van der Waals surface area contributed by atoms with Gasteiger partial charge in [0.05, 0.1) is 6.54 Å². The van der Waals surface area contributed by atoms with Crippen molar-refractivity contribution in [3.05, 3.63) is 22.5 Å². The average molecular weight is 409 g/mol. The second-order valence-electron chi connectivity index (χ2n) is 11.5. The van der Waals surface area contributed by atoms with Gasteiger partial charge >= 0.3 is 0 Å². The molecular formula is C26H36N2O2. The summed E-state index contributed by atoms with van der Waals surface area (Å²) in [7, 11) is 0. The Bertz CT molecular complexity index is 862. The quantitative estimate of drug-likeness (QED) is 0.806. The number of nitrogens with one attached hydrogen (secondary N) is 1. The molecule has 0 spiro atoms. The van der Waals surface area contributed by atoms with E-state index >= 15 is 0 Å². The average Bonchev–Trinajstić information content (AvgIpc) is 3.02. The molecule has 5 aliphatic carbocycles. The SMILES string of the molecule is CCc1c(C)[nH]c2c1C(=O)[C@@H]1CN(CC(=O)C34CC5CC(CC(C5)C3)C4)CC[C@H]1C2. The van der Waals surface area contributed by atoms with Gasteiger partial charge in [-0.05, 0) is 100 Å². The Hall–Kier alpha value is -1.42. The summed E-state index contributed by atoms with van der Waals surface area (Å²) < 4.78 is 0. The summed E-state index contributed by atoms with van der Waals surface area (Å²) >= 11 is 0. The molecule has 1 saturated heterocycles. The lowest BCUT2D eigenvalue weighted by Gasteiger charge is -2.56. The molecular weight excluding hydrogens is 372 g/mol. The monoisotopic (exact) mass is 408 g/mol. The number of piperidine rings is 1. The number of likely N-dealkylation sites (tertiary alicyclic amines) is 1. The topological polar surface area (TPSA) is 53.2 Å². The van der Waals surface area contributed by atoms with Crippen LogP contribution in [-0.2, 0) is 17.6 Å². The van der Waals surface area contributed by atoms with Crippen LogP contribution in [0.4, 0.5) is 0 Å². The lowest BCUT2D eigenvalue weighted by molar-refractivity contribution is -0.145. The van der Waals surface area contributed by atoms with Gasteiger partial charge in [0.15, 0.2) is 11.6 Å². The first-order chi connectivity index (χ1) is 14.5. The standard InChI is InChI=1S/C26H36N2O2/c1-3-20-15(2)27-22-9-19-4-5-28(13-21(19)25(30)24(20)22)14-23(29)26-10-16-6-17(11-26)8-18(7-16)12-26/h16-19,21,27H,3-14H2,1-2H3/t16?,17?,18?,19-,21+,26?/m0/s1. The van der Waals surface area contributed by atoms with Crippen molar-refractivity contribution in [1.29, 1.82) is 0 Å². The molecule has 1 N–H and O–H groups in total. The number of carbonyl (C=O) groups excluding carboxylic acids is 2. The molecule has 6 aliphatic rings. The van der Waals surface area contributed by atoms with E-state index in [4.69, 9.17) is 0 Å². The van der Waals surface area contributed by atoms with Gasteiger partial charge in [-0.15, -0.1) is 0 Å². The highest BCUT2D eigenvalue weighted by Gasteiger charge is 2.54. The third-order valence-electron chi connectivity index (χ3n) is 9.63. The van der Waals surface area contributed by atoms with E-state index in [-0.39, 0.29) is 11.3 Å². The van der Waals surface area contributed by atoms with E-state index in [0.717, 1.165) is 74.9 Å². The lowest BCUT2D eigenvalue weighted by atomic mass is 9.48. The molecule has 7 rings (SSSR count). The summed E-state index contributed by atoms with van der Waals surface area (Å²) in [6.45, 7) is 6.59. The van der Waals surface area contributed by atoms with E-state index in [2.05, 4.69) is 23.7 Å². The number of H-pyrrole nitrogens is 1. The molecule has 1 aromatic heterocycles. The van der Waals surface area contributed by atoms with Gasteiger partial charge in [-0.2, -0.15) is 0 Å². The minimum absolute atomic E-state index is 0.0114. The number of aromatic nitrogens is 1. The molecule has 0 radical (unpaired) electrons. The van der Waals surface area contributed by atoms with Crippen LogP contribution in [0.2, 0.25) is 0 Å². The van der Waals surface area contributed by atoms with Gasteiger partial charge in [0, 0.05) is 34.8 Å². The fourth-order valence-electron chi connectivity index (χ4n) is 8.65. The van der Waals surface area contributed by atoms with Crippen LogP contribution in [0.25, 0.3) is 0 Å². The first kappa shape index (κ1) is 19.3. The molecule has 1 aromatic rings. The van der Waals surface area contributed by atoms with Crippen molar-refractivity contribution in [2.75, 3.05) is 19.6 Å². The maximum atomic E-state index is 13.6. The largest absolute Gasteiger partial charge is 0.362 e. The maximum Gasteiger partial charge on any atom is 0.169 e. The molecule has 0 unspecified atom stereocenters. The first-order valence-electron chi connectivity index (χ1n) is 12.5. The number of aromatic amines is 1. The van der Waals surface area contributed by atoms with Crippen molar-refractivity contribution in [2.24, 2.45) is 35.0 Å². The normalized spacial score (nSPS) is 39.8. The number of rotatable bonds is 4. The molecule has 2 heterocycles. The lowest BCUT2D eigenvalue weighted by Crippen LogP contribution is -2.54. The number of Topliss-reactive ketones (excluding diaryl/α,β-unsaturated/α-hetero) is 2. The second-order valence-corrected chi connectivity index (χ2v) is 11.5. The van der Waals surface area contributed by atoms with Crippen LogP contribution in [-0.4, -0.2) is 41.1 Å². The molecule has 162 valence electrons. The van der Waals surface area contributed by atoms with Crippen LogP contribution in [0.5, 0.6) is 0 Å². The number of hydrogen-bond acceptors (Lipinski definition) is 3. The summed E-state index contributed by atoms with van der Waals surface area (Å²) in [5, 5.41) is 0. The number of nitrogens with zero attached hydrogens (tertiary/aromatic N) is 1. The highest BCUT2D eigenvalue weighted by molar-refractivity contribution is 6.02. The Morgan fingerprint density at radius 1 is 1.13 bits per heavy atom. The van der Waals surface area contributed by atoms with E-state index in [1.165, 1.54) is 36.2 Å². The van der Waals surface area contributed by atoms with Gasteiger partial charge in [0.2, 0.25) is 0 Å². The van der Waals surface area contributed by atoms with Crippen LogP contribution < -0.4 is 0 Å². The van der Waals surface area contributed by atoms with Crippen LogP contribution in [0, 0.1) is 41.9 Å². The summed E-state index contributed by atoms with van der Waals surface area (Å²) in [6.07, 6.45) is 10.6. The molecule has 4 nitrogen and oxygen atoms in total. The van der Waals surface area contributed by atoms with E-state index < -0.39 is 0 Å². The van der Waals surface area contributed by atoms with Crippen molar-refractivity contribution in [1.82, 2.24) is 9.88 Å². The Morgan fingerprint density at radius 3 is 2.43 bits per heavy atom. The van der Waals surface area contributed by atoms with Crippen molar-refractivity contribution in [3.63, 3.8) is 0 Å². The van der Waals surface area contributed by atoms with Gasteiger partial charge < -0.3 is 4.98 Å². The number of hydrogen-bond donors (Lipinski definition) is 1. The molecule has 4 bridgehead atoms. The zero-order valence-corrected chi connectivity index (χ0v) is 18.6. The summed E-state index contributed by atoms with van der Waals surface area (Å²) in [6, 6.07) is 0. The van der Waals surface area contributed by atoms with Gasteiger partial charge in [-0.1, -0.05) is 6.92 Å². The molecule has 0 amide bonds. The third-order valence-corrected chi connectivity index (χ3v) is 9.63. The Kier molecular flexibility index (Phi) is 4.36. The minimum atomic E-state index is -0.0114. The second kappa shape index (κ2) is 6.79. The highest BCUT2D eigenvalue weighted by atomic mass is 16.1. The van der Waals surface area contributed by atoms with Crippen molar-refractivity contribution >= 4 is 11.6 Å². The van der Waals surface area contributed by atoms with E-state index in [1.54, 1.807) is 0 Å². The molecule has 30 heavy (non-hydrogen) atoms. The highest BCUT2D eigenvalue weighted by Crippen LogP contribution is 2.60. The first-order valence-corrected chi connectivity index (χ1v) is 12.5. The maximum absolute atomic E-state index is 13.6. The Labute approximate surface area is 180 Å². The predicted octanol–water partition coefficient (Wildman–Crippen LogP) is 4.35. The molecule has 4 saturated carbocycles. The van der Waals surface area contributed by atoms with Crippen LogP contribution in [0.3, 0.4) is 0 Å². The summed E-state index contributed by atoms with van der Waals surface area (Å²) in [5.41, 5.74) is 4.54. The molecule has 4 heteroatoms. The summed E-state index contributed by atoms with van der Waals surface area (Å²) in [5.74, 6) is 3.82. The fourth-order valence-corrected chi connectivity index (χ4v) is 8.65. The number of aryl methyl sites for hydroxylation is 1. The van der Waals surface area contributed by atoms with Gasteiger partial charge in [-0.25, -0.2) is 0 Å². The van der Waals surface area contributed by atoms with E-state index in [0.29, 0.717) is 24.0 Å². The molecule has 0 aromatic carbocycles. The zero-order chi connectivity index (χ0) is 20.6. The van der Waals surface area contributed by atoms with Crippen LogP contribution in [0.15, 0.2) is 0 Å². The number of ketones is 2. The Balaban J connectivity index is 1.18. The Morgan fingerprint density at radius 2 is 1.80 bits per heavy atom. The van der Waals surface area contributed by atoms with Crippen LogP contribution >= 0.6 is 0 Å². The minimum Gasteiger partial charge on any atom is -0.362 e. The van der Waals surface area contributed by atoms with E-state index in [1.807, 2.05) is 0 Å². The third kappa shape index (κ3) is 2.82. The van der Waals surface area contributed by atoms with E-state index in [9.17, 15) is 9.59 Å². The number of carbonyl (C=O) groups is 2. The fraction of sp³-hybridized carbons (Fsp3) is 0.769. The van der Waals surface area contributed by atoms with Gasteiger partial charge in [-0.3, -0.25) is 14.5 Å². The van der Waals surface area contributed by atoms with Crippen molar-refractivity contribution in [3.8, 4) is 0 Å². The zero-order valence-electron chi connectivity index (χ0n) is 18.6.